The summed E-state index contributed by atoms with van der Waals surface area (Å²) >= 11 is 0. The first-order chi connectivity index (χ1) is 18.8. The second kappa shape index (κ2) is 14.1. The molecule has 1 amide bonds. The van der Waals surface area contributed by atoms with Crippen LogP contribution in [0.25, 0.3) is 5.52 Å². The maximum atomic E-state index is 13.8. The van der Waals surface area contributed by atoms with Gasteiger partial charge in [-0.05, 0) is 94.1 Å². The first-order valence-electron chi connectivity index (χ1n) is 13.9. The summed E-state index contributed by atoms with van der Waals surface area (Å²) in [6.45, 7) is 7.58. The topological polar surface area (TPSA) is 89.4 Å². The van der Waals surface area contributed by atoms with Crippen molar-refractivity contribution in [2.45, 2.75) is 72.4 Å². The van der Waals surface area contributed by atoms with Gasteiger partial charge in [-0.15, -0.1) is 0 Å². The van der Waals surface area contributed by atoms with Crippen LogP contribution in [0.15, 0.2) is 48.7 Å². The minimum Gasteiger partial charge on any atom is -0.489 e. The lowest BCUT2D eigenvalue weighted by Crippen LogP contribution is -2.41. The summed E-state index contributed by atoms with van der Waals surface area (Å²) in [5.74, 6) is -0.0370. The molecule has 1 aliphatic heterocycles. The molecule has 1 saturated heterocycles. The molecule has 216 valence electrons. The Morgan fingerprint density at radius 3 is 2.48 bits per heavy atom. The number of carbonyl (C=O) groups excluding carboxylic acids is 3. The highest BCUT2D eigenvalue weighted by molar-refractivity contribution is 6.10. The van der Waals surface area contributed by atoms with Gasteiger partial charge in [0.1, 0.15) is 18.4 Å². The Kier molecular flexibility index (Phi) is 10.9. The smallest absolute Gasteiger partial charge is 0.325 e. The molecule has 8 nitrogen and oxygen atoms in total. The van der Waals surface area contributed by atoms with E-state index < -0.39 is 5.97 Å². The summed E-state index contributed by atoms with van der Waals surface area (Å²) in [6, 6.07) is 12.7. The largest absolute Gasteiger partial charge is 0.489 e. The lowest BCUT2D eigenvalue weighted by molar-refractivity contribution is -0.141. The summed E-state index contributed by atoms with van der Waals surface area (Å²) in [5, 5.41) is 3.35. The number of hydrogen-bond donors (Lipinski definition) is 1. The standard InChI is InChI=1S/C31H39N3O5.CH4/c1-5-6-8-23-17-25-18-24(31(37)34(21(2)3)20-28(35)38-4)14-16-33(25)29(23)30(36)22-10-12-26(13-11-22)39-27-9-7-15-32-19-27;/h10-14,16-18,21,27,32H,5-9,15,19-20H2,1-4H3;1H4/t27-;/m1./s1. The van der Waals surface area contributed by atoms with Crippen LogP contribution in [0.1, 0.15) is 85.9 Å². The lowest BCUT2D eigenvalue weighted by Gasteiger charge is -2.25. The van der Waals surface area contributed by atoms with Gasteiger partial charge < -0.3 is 24.1 Å². The first kappa shape index (κ1) is 30.9. The summed E-state index contributed by atoms with van der Waals surface area (Å²) in [4.78, 5) is 40.4. The number of esters is 1. The molecule has 1 fully saturated rings. The number of fused-ring (bicyclic) bond motifs is 1. The maximum absolute atomic E-state index is 13.8. The van der Waals surface area contributed by atoms with Gasteiger partial charge in [-0.25, -0.2) is 0 Å². The van der Waals surface area contributed by atoms with Crippen molar-refractivity contribution in [3.63, 3.8) is 0 Å². The normalized spacial score (nSPS) is 15.0. The predicted octanol–water partition coefficient (Wildman–Crippen LogP) is 5.30. The number of aryl methyl sites for hydroxylation is 1. The molecule has 1 N–H and O–H groups in total. The summed E-state index contributed by atoms with van der Waals surface area (Å²) in [6.07, 6.45) is 6.75. The Labute approximate surface area is 237 Å². The molecule has 0 saturated carbocycles. The molecule has 1 aromatic carbocycles. The zero-order valence-corrected chi connectivity index (χ0v) is 23.4. The molecule has 2 aromatic heterocycles. The third-order valence-electron chi connectivity index (χ3n) is 7.20. The van der Waals surface area contributed by atoms with E-state index in [0.717, 1.165) is 62.0 Å². The van der Waals surface area contributed by atoms with Crippen molar-refractivity contribution in [2.24, 2.45) is 0 Å². The molecular formula is C32H43N3O5. The minimum absolute atomic E-state index is 0. The first-order valence-corrected chi connectivity index (χ1v) is 13.9. The van der Waals surface area contributed by atoms with E-state index in [9.17, 15) is 14.4 Å². The van der Waals surface area contributed by atoms with E-state index in [1.165, 1.54) is 12.0 Å². The quantitative estimate of drug-likeness (QED) is 0.258. The Bertz CT molecular complexity index is 1310. The molecule has 3 heterocycles. The van der Waals surface area contributed by atoms with Crippen molar-refractivity contribution in [1.82, 2.24) is 14.6 Å². The van der Waals surface area contributed by atoms with E-state index in [-0.39, 0.29) is 37.8 Å². The number of pyridine rings is 1. The van der Waals surface area contributed by atoms with Gasteiger partial charge in [0.25, 0.3) is 5.91 Å². The highest BCUT2D eigenvalue weighted by atomic mass is 16.5. The number of methoxy groups -OCH3 is 1. The molecule has 3 aromatic rings. The van der Waals surface area contributed by atoms with Crippen LogP contribution < -0.4 is 10.1 Å². The minimum atomic E-state index is -0.470. The van der Waals surface area contributed by atoms with Gasteiger partial charge >= 0.3 is 5.97 Å². The molecule has 0 radical (unpaired) electrons. The molecule has 0 spiro atoms. The fraction of sp³-hybridized carbons (Fsp3) is 0.469. The fourth-order valence-electron chi connectivity index (χ4n) is 4.97. The predicted molar refractivity (Wildman–Crippen MR) is 157 cm³/mol. The third kappa shape index (κ3) is 7.10. The number of ether oxygens (including phenoxy) is 2. The molecule has 0 aliphatic carbocycles. The molecule has 1 atom stereocenters. The fourth-order valence-corrected chi connectivity index (χ4v) is 4.97. The lowest BCUT2D eigenvalue weighted by atomic mass is 10.0. The van der Waals surface area contributed by atoms with E-state index in [0.29, 0.717) is 16.8 Å². The van der Waals surface area contributed by atoms with E-state index >= 15 is 0 Å². The van der Waals surface area contributed by atoms with E-state index in [1.54, 1.807) is 18.3 Å². The average Bonchev–Trinajstić information content (AvgIpc) is 3.32. The van der Waals surface area contributed by atoms with E-state index in [1.807, 2.05) is 48.6 Å². The number of unbranched alkanes of at least 4 members (excludes halogenated alkanes) is 1. The second-order valence-electron chi connectivity index (χ2n) is 10.4. The van der Waals surface area contributed by atoms with Gasteiger partial charge in [0.15, 0.2) is 0 Å². The number of hydrogen-bond acceptors (Lipinski definition) is 6. The summed E-state index contributed by atoms with van der Waals surface area (Å²) in [7, 11) is 1.31. The highest BCUT2D eigenvalue weighted by Crippen LogP contribution is 2.25. The molecule has 0 unspecified atom stereocenters. The monoisotopic (exact) mass is 549 g/mol. The highest BCUT2D eigenvalue weighted by Gasteiger charge is 2.24. The van der Waals surface area contributed by atoms with Crippen LogP contribution in [0, 0.1) is 0 Å². The number of rotatable bonds is 11. The van der Waals surface area contributed by atoms with Crippen molar-refractivity contribution >= 4 is 23.2 Å². The van der Waals surface area contributed by atoms with Crippen LogP contribution in [-0.2, 0) is 16.0 Å². The molecule has 0 bridgehead atoms. The Hall–Kier alpha value is -3.65. The number of nitrogens with zero attached hydrogens (tertiary/aromatic N) is 2. The van der Waals surface area contributed by atoms with E-state index in [4.69, 9.17) is 9.47 Å². The molecular weight excluding hydrogens is 506 g/mol. The maximum Gasteiger partial charge on any atom is 0.325 e. The molecule has 1 aliphatic rings. The van der Waals surface area contributed by atoms with E-state index in [2.05, 4.69) is 12.2 Å². The van der Waals surface area contributed by atoms with Crippen molar-refractivity contribution in [3.8, 4) is 5.75 Å². The molecule has 4 rings (SSSR count). The van der Waals surface area contributed by atoms with Crippen molar-refractivity contribution in [2.75, 3.05) is 26.7 Å². The van der Waals surface area contributed by atoms with Gasteiger partial charge in [0.05, 0.1) is 12.8 Å². The van der Waals surface area contributed by atoms with Crippen molar-refractivity contribution < 1.29 is 23.9 Å². The van der Waals surface area contributed by atoms with Crippen LogP contribution in [-0.4, -0.2) is 65.9 Å². The Morgan fingerprint density at radius 2 is 1.85 bits per heavy atom. The van der Waals surface area contributed by atoms with Gasteiger partial charge in [-0.2, -0.15) is 0 Å². The van der Waals surface area contributed by atoms with Gasteiger partial charge in [-0.3, -0.25) is 14.4 Å². The third-order valence-corrected chi connectivity index (χ3v) is 7.20. The Morgan fingerprint density at radius 1 is 1.10 bits per heavy atom. The number of nitrogens with one attached hydrogen (secondary N) is 1. The van der Waals surface area contributed by atoms with Crippen molar-refractivity contribution in [3.05, 3.63) is 71.0 Å². The van der Waals surface area contributed by atoms with Crippen LogP contribution in [0.3, 0.4) is 0 Å². The average molecular weight is 550 g/mol. The second-order valence-corrected chi connectivity index (χ2v) is 10.4. The summed E-state index contributed by atoms with van der Waals surface area (Å²) in [5.41, 5.74) is 3.37. The van der Waals surface area contributed by atoms with Crippen LogP contribution in [0.4, 0.5) is 0 Å². The van der Waals surface area contributed by atoms with Crippen LogP contribution >= 0.6 is 0 Å². The van der Waals surface area contributed by atoms with Crippen LogP contribution in [0.2, 0.25) is 0 Å². The summed E-state index contributed by atoms with van der Waals surface area (Å²) < 4.78 is 12.7. The number of amides is 1. The van der Waals surface area contributed by atoms with Gasteiger partial charge in [0.2, 0.25) is 5.78 Å². The van der Waals surface area contributed by atoms with Crippen molar-refractivity contribution in [1.29, 1.82) is 0 Å². The zero-order valence-electron chi connectivity index (χ0n) is 23.4. The van der Waals surface area contributed by atoms with Gasteiger partial charge in [0, 0.05) is 35.4 Å². The zero-order chi connectivity index (χ0) is 27.9. The van der Waals surface area contributed by atoms with Crippen LogP contribution in [0.5, 0.6) is 5.75 Å². The number of piperidine rings is 1. The molecule has 8 heteroatoms. The van der Waals surface area contributed by atoms with Gasteiger partial charge in [-0.1, -0.05) is 20.8 Å². The number of benzene rings is 1. The molecule has 40 heavy (non-hydrogen) atoms. The Balaban J connectivity index is 0.00000441. The number of carbonyl (C=O) groups is 3. The number of aromatic nitrogens is 1. The number of ketones is 1. The SMILES string of the molecule is C.CCCCc1cc2cc(C(=O)N(CC(=O)OC)C(C)C)ccn2c1C(=O)c1ccc(O[C@@H]2CCCNC2)cc1.